The van der Waals surface area contributed by atoms with Crippen molar-refractivity contribution < 1.29 is 24.1 Å². The molecule has 3 aliphatic heterocycles. The Kier molecular flexibility index (Phi) is 9.35. The number of amides is 1. The van der Waals surface area contributed by atoms with Crippen LogP contribution in [-0.2, 0) is 20.8 Å². The third-order valence-electron chi connectivity index (χ3n) is 8.53. The SMILES string of the molecule is O=C(C[C@H]1CC[C@@H]2[C@H](COC[C@@H](O)CN2Cc2ccc(Oc3ccccc3)cc2)O1)N1CCN(c2ccccc2)CC1. The lowest BCUT2D eigenvalue weighted by Gasteiger charge is -2.45. The fourth-order valence-corrected chi connectivity index (χ4v) is 6.33. The summed E-state index contributed by atoms with van der Waals surface area (Å²) in [6.45, 7) is 5.06. The van der Waals surface area contributed by atoms with Gasteiger partial charge in [0, 0.05) is 51.0 Å². The first kappa shape index (κ1) is 28.7. The second-order valence-electron chi connectivity index (χ2n) is 11.5. The van der Waals surface area contributed by atoms with Crippen LogP contribution in [0, 0.1) is 0 Å². The van der Waals surface area contributed by atoms with E-state index in [9.17, 15) is 9.90 Å². The lowest BCUT2D eigenvalue weighted by Crippen LogP contribution is -2.56. The smallest absolute Gasteiger partial charge is 0.225 e. The highest BCUT2D eigenvalue weighted by Crippen LogP contribution is 2.30. The van der Waals surface area contributed by atoms with E-state index in [1.165, 1.54) is 5.69 Å². The molecule has 1 amide bonds. The molecular formula is C34H41N3O5. The van der Waals surface area contributed by atoms with Gasteiger partial charge in [0.05, 0.1) is 37.9 Å². The number of hydrogen-bond acceptors (Lipinski definition) is 7. The molecule has 3 heterocycles. The monoisotopic (exact) mass is 571 g/mol. The standard InChI is InChI=1S/C34H41N3O5/c38-28-23-37(22-26-11-13-30(14-12-26)41-29-9-5-2-6-10-29)32-16-15-31(42-33(32)25-40-24-28)21-34(39)36-19-17-35(18-20-36)27-7-3-1-4-8-27/h1-14,28,31-33,38H,15-25H2/t28-,31+,32+,33-/m0/s1. The van der Waals surface area contributed by atoms with Crippen LogP contribution in [0.3, 0.4) is 0 Å². The molecule has 3 fully saturated rings. The van der Waals surface area contributed by atoms with E-state index < -0.39 is 6.10 Å². The van der Waals surface area contributed by atoms with E-state index in [0.717, 1.165) is 56.1 Å². The van der Waals surface area contributed by atoms with Crippen molar-refractivity contribution in [1.29, 1.82) is 0 Å². The number of aliphatic hydroxyl groups excluding tert-OH is 1. The minimum Gasteiger partial charge on any atom is -0.457 e. The van der Waals surface area contributed by atoms with E-state index in [1.54, 1.807) is 0 Å². The van der Waals surface area contributed by atoms with Gasteiger partial charge in [0.15, 0.2) is 0 Å². The number of ether oxygens (including phenoxy) is 3. The molecule has 0 aromatic heterocycles. The van der Waals surface area contributed by atoms with Gasteiger partial charge in [0.2, 0.25) is 5.91 Å². The van der Waals surface area contributed by atoms with Gasteiger partial charge in [-0.05, 0) is 54.8 Å². The molecule has 8 nitrogen and oxygen atoms in total. The van der Waals surface area contributed by atoms with Crippen LogP contribution in [0.15, 0.2) is 84.9 Å². The zero-order valence-electron chi connectivity index (χ0n) is 24.1. The van der Waals surface area contributed by atoms with Crippen molar-refractivity contribution in [2.45, 2.75) is 50.2 Å². The van der Waals surface area contributed by atoms with Crippen LogP contribution in [-0.4, -0.2) is 91.1 Å². The first-order chi connectivity index (χ1) is 20.6. The second kappa shape index (κ2) is 13.7. The normalized spacial score (nSPS) is 25.3. The largest absolute Gasteiger partial charge is 0.457 e. The molecule has 0 aliphatic carbocycles. The lowest BCUT2D eigenvalue weighted by atomic mass is 9.94. The van der Waals surface area contributed by atoms with Crippen LogP contribution in [0.25, 0.3) is 0 Å². The van der Waals surface area contributed by atoms with E-state index in [-0.39, 0.29) is 30.8 Å². The maximum absolute atomic E-state index is 13.2. The molecule has 0 bridgehead atoms. The van der Waals surface area contributed by atoms with Gasteiger partial charge in [-0.2, -0.15) is 0 Å². The summed E-state index contributed by atoms with van der Waals surface area (Å²) in [4.78, 5) is 19.9. The maximum Gasteiger partial charge on any atom is 0.225 e. The summed E-state index contributed by atoms with van der Waals surface area (Å²) in [5.74, 6) is 1.77. The molecule has 6 rings (SSSR count). The van der Waals surface area contributed by atoms with Gasteiger partial charge in [-0.15, -0.1) is 0 Å². The summed E-state index contributed by atoms with van der Waals surface area (Å²) in [6, 6.07) is 28.4. The van der Waals surface area contributed by atoms with Crippen molar-refractivity contribution in [3.63, 3.8) is 0 Å². The summed E-state index contributed by atoms with van der Waals surface area (Å²) in [5.41, 5.74) is 2.36. The molecule has 4 atom stereocenters. The Morgan fingerprint density at radius 3 is 2.26 bits per heavy atom. The molecule has 0 unspecified atom stereocenters. The molecule has 1 N–H and O–H groups in total. The van der Waals surface area contributed by atoms with Crippen LogP contribution in [0.4, 0.5) is 5.69 Å². The van der Waals surface area contributed by atoms with Gasteiger partial charge in [-0.3, -0.25) is 9.69 Å². The summed E-state index contributed by atoms with van der Waals surface area (Å²) in [5, 5.41) is 10.6. The van der Waals surface area contributed by atoms with Crippen LogP contribution in [0.1, 0.15) is 24.8 Å². The van der Waals surface area contributed by atoms with Crippen LogP contribution in [0.5, 0.6) is 11.5 Å². The van der Waals surface area contributed by atoms with Crippen molar-refractivity contribution in [3.05, 3.63) is 90.5 Å². The Morgan fingerprint density at radius 1 is 0.833 bits per heavy atom. The number of anilines is 1. The molecule has 3 aromatic carbocycles. The highest BCUT2D eigenvalue weighted by molar-refractivity contribution is 5.77. The number of piperazine rings is 1. The van der Waals surface area contributed by atoms with Crippen molar-refractivity contribution >= 4 is 11.6 Å². The van der Waals surface area contributed by atoms with Crippen molar-refractivity contribution in [2.75, 3.05) is 50.8 Å². The fourth-order valence-electron chi connectivity index (χ4n) is 6.33. The van der Waals surface area contributed by atoms with Crippen molar-refractivity contribution in [3.8, 4) is 11.5 Å². The fraction of sp³-hybridized carbons (Fsp3) is 0.441. The zero-order valence-corrected chi connectivity index (χ0v) is 24.1. The predicted molar refractivity (Wildman–Crippen MR) is 162 cm³/mol. The predicted octanol–water partition coefficient (Wildman–Crippen LogP) is 4.33. The number of nitrogens with zero attached hydrogens (tertiary/aromatic N) is 3. The molecular weight excluding hydrogens is 530 g/mol. The van der Waals surface area contributed by atoms with Crippen LogP contribution in [0.2, 0.25) is 0 Å². The van der Waals surface area contributed by atoms with Gasteiger partial charge in [0.1, 0.15) is 11.5 Å². The highest BCUT2D eigenvalue weighted by atomic mass is 16.5. The van der Waals surface area contributed by atoms with E-state index in [1.807, 2.05) is 53.4 Å². The summed E-state index contributed by atoms with van der Waals surface area (Å²) >= 11 is 0. The van der Waals surface area contributed by atoms with E-state index in [0.29, 0.717) is 26.1 Å². The molecule has 0 spiro atoms. The Labute approximate surface area is 248 Å². The van der Waals surface area contributed by atoms with Gasteiger partial charge < -0.3 is 29.1 Å². The molecule has 3 aliphatic rings. The number of rotatable bonds is 7. The first-order valence-corrected chi connectivity index (χ1v) is 15.2. The summed E-state index contributed by atoms with van der Waals surface area (Å²) in [6.07, 6.45) is 1.30. The quantitative estimate of drug-likeness (QED) is 0.453. The minimum absolute atomic E-state index is 0.112. The van der Waals surface area contributed by atoms with Crippen molar-refractivity contribution in [2.24, 2.45) is 0 Å². The first-order valence-electron chi connectivity index (χ1n) is 15.2. The van der Waals surface area contributed by atoms with E-state index in [4.69, 9.17) is 14.2 Å². The summed E-state index contributed by atoms with van der Waals surface area (Å²) in [7, 11) is 0. The van der Waals surface area contributed by atoms with Gasteiger partial charge in [0.25, 0.3) is 0 Å². The molecule has 3 aromatic rings. The van der Waals surface area contributed by atoms with Gasteiger partial charge in [-0.1, -0.05) is 48.5 Å². The van der Waals surface area contributed by atoms with Gasteiger partial charge >= 0.3 is 0 Å². The van der Waals surface area contributed by atoms with E-state index >= 15 is 0 Å². The Balaban J connectivity index is 1.03. The van der Waals surface area contributed by atoms with Crippen molar-refractivity contribution in [1.82, 2.24) is 9.80 Å². The second-order valence-corrected chi connectivity index (χ2v) is 11.5. The molecule has 42 heavy (non-hydrogen) atoms. The Hall–Kier alpha value is -3.43. The molecule has 0 saturated carbocycles. The molecule has 222 valence electrons. The number of β-amino-alcohol motifs (C(OH)–C–C–N with tert-alkyl or cyclic N) is 1. The number of benzene rings is 3. The highest BCUT2D eigenvalue weighted by Gasteiger charge is 2.38. The van der Waals surface area contributed by atoms with Crippen LogP contribution >= 0.6 is 0 Å². The number of carbonyl (C=O) groups is 1. The number of fused-ring (bicyclic) bond motifs is 1. The molecule has 0 radical (unpaired) electrons. The average molecular weight is 572 g/mol. The number of carbonyl (C=O) groups excluding carboxylic acids is 1. The number of aliphatic hydroxyl groups is 1. The average Bonchev–Trinajstić information content (AvgIpc) is 3.02. The molecule has 3 saturated heterocycles. The third-order valence-corrected chi connectivity index (χ3v) is 8.53. The minimum atomic E-state index is -0.555. The topological polar surface area (TPSA) is 74.7 Å². The van der Waals surface area contributed by atoms with E-state index in [2.05, 4.69) is 46.2 Å². The third kappa shape index (κ3) is 7.31. The Morgan fingerprint density at radius 2 is 1.52 bits per heavy atom. The lowest BCUT2D eigenvalue weighted by molar-refractivity contribution is -0.161. The Bertz CT molecular complexity index is 1270. The van der Waals surface area contributed by atoms with Gasteiger partial charge in [-0.25, -0.2) is 0 Å². The molecule has 8 heteroatoms. The summed E-state index contributed by atoms with van der Waals surface area (Å²) < 4.78 is 18.3. The maximum atomic E-state index is 13.2. The number of hydrogen-bond donors (Lipinski definition) is 1. The van der Waals surface area contributed by atoms with Crippen LogP contribution < -0.4 is 9.64 Å². The number of para-hydroxylation sites is 2. The zero-order chi connectivity index (χ0) is 28.7.